The van der Waals surface area contributed by atoms with Crippen LogP contribution in [-0.2, 0) is 20.6 Å². The molecule has 0 saturated carbocycles. The van der Waals surface area contributed by atoms with Crippen LogP contribution in [0, 0.1) is 0 Å². The molecule has 2 aromatic heterocycles. The number of aryl methyl sites for hydroxylation is 2. The summed E-state index contributed by atoms with van der Waals surface area (Å²) in [6.07, 6.45) is 17.5. The van der Waals surface area contributed by atoms with Crippen LogP contribution in [0.15, 0.2) is 15.9 Å². The zero-order valence-corrected chi connectivity index (χ0v) is 21.7. The fraction of sp³-hybridized carbons (Fsp3) is 0.808. The Labute approximate surface area is 204 Å². The highest BCUT2D eigenvalue weighted by Crippen LogP contribution is 2.11. The molecule has 1 unspecified atom stereocenters. The molecule has 2 heterocycles. The Bertz CT molecular complexity index is 946. The topological polar surface area (TPSA) is 94.1 Å². The number of fused-ring (bicyclic) bond motifs is 1. The zero-order chi connectivity index (χ0) is 24.8. The monoisotopic (exact) mass is 477 g/mol. The summed E-state index contributed by atoms with van der Waals surface area (Å²) in [5.74, 6) is 0. The van der Waals surface area contributed by atoms with Crippen LogP contribution >= 0.6 is 0 Å². The van der Waals surface area contributed by atoms with Gasteiger partial charge >= 0.3 is 5.69 Å². The summed E-state index contributed by atoms with van der Waals surface area (Å²) in [4.78, 5) is 29.4. The minimum absolute atomic E-state index is 0.238. The van der Waals surface area contributed by atoms with Crippen LogP contribution in [-0.4, -0.2) is 43.0 Å². The van der Waals surface area contributed by atoms with Crippen LogP contribution in [0.25, 0.3) is 11.2 Å². The second-order valence-corrected chi connectivity index (χ2v) is 9.72. The molecule has 2 aromatic rings. The number of nitrogens with one attached hydrogen (secondary N) is 1. The second kappa shape index (κ2) is 15.9. The molecule has 0 amide bonds. The van der Waals surface area contributed by atoms with Gasteiger partial charge in [0, 0.05) is 27.2 Å². The Morgan fingerprint density at radius 3 is 2.24 bits per heavy atom. The molecule has 34 heavy (non-hydrogen) atoms. The van der Waals surface area contributed by atoms with E-state index in [1.165, 1.54) is 54.1 Å². The highest BCUT2D eigenvalue weighted by Gasteiger charge is 2.14. The van der Waals surface area contributed by atoms with Gasteiger partial charge in [-0.15, -0.1) is 0 Å². The van der Waals surface area contributed by atoms with Crippen molar-refractivity contribution in [2.75, 3.05) is 13.1 Å². The van der Waals surface area contributed by atoms with Crippen molar-refractivity contribution in [2.45, 2.75) is 109 Å². The number of aromatic nitrogens is 4. The molecule has 2 N–H and O–H groups in total. The third kappa shape index (κ3) is 9.02. The first-order valence-electron chi connectivity index (χ1n) is 13.5. The summed E-state index contributed by atoms with van der Waals surface area (Å²) in [7, 11) is 3.44. The van der Waals surface area contributed by atoms with Gasteiger partial charge < -0.3 is 15.0 Å². The van der Waals surface area contributed by atoms with E-state index >= 15 is 0 Å². The van der Waals surface area contributed by atoms with E-state index in [0.717, 1.165) is 51.5 Å². The van der Waals surface area contributed by atoms with E-state index in [1.54, 1.807) is 25.0 Å². The number of nitrogens with zero attached hydrogens (tertiary/aromatic N) is 4. The molecule has 0 spiro atoms. The van der Waals surface area contributed by atoms with Gasteiger partial charge in [-0.2, -0.15) is 0 Å². The Morgan fingerprint density at radius 2 is 1.53 bits per heavy atom. The van der Waals surface area contributed by atoms with Crippen LogP contribution in [0.4, 0.5) is 0 Å². The van der Waals surface area contributed by atoms with Gasteiger partial charge in [0.15, 0.2) is 11.2 Å². The molecule has 1 atom stereocenters. The Balaban J connectivity index is 1.49. The van der Waals surface area contributed by atoms with Crippen molar-refractivity contribution in [2.24, 2.45) is 14.1 Å². The lowest BCUT2D eigenvalue weighted by Crippen LogP contribution is -2.39. The molecule has 0 radical (unpaired) electrons. The van der Waals surface area contributed by atoms with E-state index in [2.05, 4.69) is 17.2 Å². The first kappa shape index (κ1) is 28.3. The number of unbranched alkanes of at least 4 members (excludes halogenated alkanes) is 11. The number of hydrogen-bond donors (Lipinski definition) is 2. The number of hydrogen-bond acceptors (Lipinski definition) is 5. The number of imidazole rings is 1. The van der Waals surface area contributed by atoms with E-state index in [4.69, 9.17) is 0 Å². The van der Waals surface area contributed by atoms with E-state index in [0.29, 0.717) is 24.3 Å². The lowest BCUT2D eigenvalue weighted by atomic mass is 10.1. The maximum atomic E-state index is 12.7. The van der Waals surface area contributed by atoms with Crippen molar-refractivity contribution < 1.29 is 5.11 Å². The summed E-state index contributed by atoms with van der Waals surface area (Å²) in [5.41, 5.74) is 0.365. The third-order valence-corrected chi connectivity index (χ3v) is 6.71. The Hall–Kier alpha value is -1.93. The fourth-order valence-corrected chi connectivity index (χ4v) is 4.53. The zero-order valence-electron chi connectivity index (χ0n) is 21.7. The predicted molar refractivity (Wildman–Crippen MR) is 139 cm³/mol. The first-order valence-corrected chi connectivity index (χ1v) is 13.5. The quantitative estimate of drug-likeness (QED) is 0.300. The summed E-state index contributed by atoms with van der Waals surface area (Å²) in [6, 6.07) is 0. The summed E-state index contributed by atoms with van der Waals surface area (Å²) >= 11 is 0. The van der Waals surface area contributed by atoms with E-state index in [1.807, 2.05) is 0 Å². The van der Waals surface area contributed by atoms with Gasteiger partial charge in [0.25, 0.3) is 5.56 Å². The first-order chi connectivity index (χ1) is 16.5. The van der Waals surface area contributed by atoms with E-state index in [-0.39, 0.29) is 17.4 Å². The average molecular weight is 478 g/mol. The molecular weight excluding hydrogens is 430 g/mol. The molecule has 0 fully saturated rings. The van der Waals surface area contributed by atoms with Crippen molar-refractivity contribution in [3.63, 3.8) is 0 Å². The van der Waals surface area contributed by atoms with Crippen LogP contribution in [0.5, 0.6) is 0 Å². The van der Waals surface area contributed by atoms with Gasteiger partial charge in [0.2, 0.25) is 0 Å². The number of aliphatic hydroxyl groups is 1. The molecule has 0 aliphatic carbocycles. The molecule has 0 aliphatic rings. The van der Waals surface area contributed by atoms with Gasteiger partial charge in [-0.1, -0.05) is 77.6 Å². The molecule has 0 aliphatic heterocycles. The summed E-state index contributed by atoms with van der Waals surface area (Å²) < 4.78 is 4.47. The number of rotatable bonds is 19. The van der Waals surface area contributed by atoms with Crippen molar-refractivity contribution in [1.29, 1.82) is 0 Å². The van der Waals surface area contributed by atoms with Gasteiger partial charge in [0.1, 0.15) is 0 Å². The SMILES string of the molecule is CCCCCCCCNCC(O)CCCCCCCCCn1c(=O)c2c(ncn2C)n(C)c1=O. The van der Waals surface area contributed by atoms with Crippen molar-refractivity contribution >= 4 is 11.2 Å². The lowest BCUT2D eigenvalue weighted by molar-refractivity contribution is 0.158. The standard InChI is InChI=1S/C26H47N5O3/c1-4-5-6-7-12-15-18-27-20-22(32)17-14-11-9-8-10-13-16-19-31-25(33)23-24(28-21-29(23)2)30(3)26(31)34/h21-22,27,32H,4-20H2,1-3H3. The highest BCUT2D eigenvalue weighted by atomic mass is 16.3. The van der Waals surface area contributed by atoms with E-state index < -0.39 is 0 Å². The predicted octanol–water partition coefficient (Wildman–Crippen LogP) is 3.87. The third-order valence-electron chi connectivity index (χ3n) is 6.71. The molecule has 2 rings (SSSR count). The lowest BCUT2D eigenvalue weighted by Gasteiger charge is -2.12. The van der Waals surface area contributed by atoms with Gasteiger partial charge in [0.05, 0.1) is 12.4 Å². The van der Waals surface area contributed by atoms with Gasteiger partial charge in [-0.25, -0.2) is 9.78 Å². The molecular formula is C26H47N5O3. The summed E-state index contributed by atoms with van der Waals surface area (Å²) in [5, 5.41) is 13.5. The van der Waals surface area contributed by atoms with Crippen LogP contribution in [0.3, 0.4) is 0 Å². The number of aliphatic hydroxyl groups excluding tert-OH is 1. The minimum Gasteiger partial charge on any atom is -0.392 e. The molecule has 0 aromatic carbocycles. The maximum Gasteiger partial charge on any atom is 0.332 e. The van der Waals surface area contributed by atoms with Gasteiger partial charge in [-0.05, 0) is 25.8 Å². The molecule has 0 bridgehead atoms. The molecule has 8 nitrogen and oxygen atoms in total. The minimum atomic E-state index is -0.295. The maximum absolute atomic E-state index is 12.7. The van der Waals surface area contributed by atoms with Crippen molar-refractivity contribution in [3.8, 4) is 0 Å². The Morgan fingerprint density at radius 1 is 0.912 bits per heavy atom. The van der Waals surface area contributed by atoms with Crippen LogP contribution in [0.2, 0.25) is 0 Å². The summed E-state index contributed by atoms with van der Waals surface area (Å²) in [6.45, 7) is 4.41. The normalized spacial score (nSPS) is 12.6. The smallest absolute Gasteiger partial charge is 0.332 e. The molecule has 0 saturated heterocycles. The highest BCUT2D eigenvalue weighted by molar-refractivity contribution is 5.69. The van der Waals surface area contributed by atoms with Crippen LogP contribution < -0.4 is 16.6 Å². The largest absolute Gasteiger partial charge is 0.392 e. The molecule has 8 heteroatoms. The van der Waals surface area contributed by atoms with E-state index in [9.17, 15) is 14.7 Å². The fourth-order valence-electron chi connectivity index (χ4n) is 4.53. The molecule has 194 valence electrons. The Kier molecular flexibility index (Phi) is 13.2. The second-order valence-electron chi connectivity index (χ2n) is 9.72. The van der Waals surface area contributed by atoms with Gasteiger partial charge in [-0.3, -0.25) is 13.9 Å². The van der Waals surface area contributed by atoms with Crippen molar-refractivity contribution in [1.82, 2.24) is 24.0 Å². The average Bonchev–Trinajstić information content (AvgIpc) is 3.21. The van der Waals surface area contributed by atoms with Crippen molar-refractivity contribution in [3.05, 3.63) is 27.2 Å². The van der Waals surface area contributed by atoms with Crippen LogP contribution in [0.1, 0.15) is 96.8 Å².